The molecule has 0 bridgehead atoms. The molecule has 0 aromatic carbocycles. The van der Waals surface area contributed by atoms with Crippen molar-refractivity contribution in [2.24, 2.45) is 5.92 Å². The molecule has 0 aliphatic carbocycles. The van der Waals surface area contributed by atoms with Crippen molar-refractivity contribution in [1.29, 1.82) is 0 Å². The first kappa shape index (κ1) is 13.1. The average Bonchev–Trinajstić information content (AvgIpc) is 2.40. The van der Waals surface area contributed by atoms with Gasteiger partial charge in [-0.15, -0.1) is 0 Å². The summed E-state index contributed by atoms with van der Waals surface area (Å²) in [5.74, 6) is 0.549. The van der Waals surface area contributed by atoms with Gasteiger partial charge in [0.05, 0.1) is 10.6 Å². The van der Waals surface area contributed by atoms with E-state index in [4.69, 9.17) is 22.1 Å². The third-order valence-corrected chi connectivity index (χ3v) is 3.33. The molecule has 1 aliphatic rings. The Labute approximate surface area is 111 Å². The van der Waals surface area contributed by atoms with Crippen LogP contribution >= 0.6 is 11.6 Å². The highest BCUT2D eigenvalue weighted by molar-refractivity contribution is 6.33. The van der Waals surface area contributed by atoms with Gasteiger partial charge in [-0.25, -0.2) is 4.98 Å². The second-order valence-corrected chi connectivity index (χ2v) is 4.76. The average molecular weight is 270 g/mol. The third kappa shape index (κ3) is 3.34. The van der Waals surface area contributed by atoms with E-state index in [-0.39, 0.29) is 11.7 Å². The molecule has 1 aliphatic heterocycles. The number of hydrogen-bond donors (Lipinski definition) is 2. The zero-order valence-electron chi connectivity index (χ0n) is 9.99. The van der Waals surface area contributed by atoms with E-state index >= 15 is 0 Å². The molecule has 0 unspecified atom stereocenters. The fourth-order valence-corrected chi connectivity index (χ4v) is 2.03. The number of hydrogen-bond acceptors (Lipinski definition) is 4. The Morgan fingerprint density at radius 2 is 2.28 bits per heavy atom. The van der Waals surface area contributed by atoms with E-state index in [1.54, 1.807) is 0 Å². The van der Waals surface area contributed by atoms with Crippen molar-refractivity contribution in [3.63, 3.8) is 0 Å². The normalized spacial score (nSPS) is 16.5. The number of carbonyl (C=O) groups is 1. The topological polar surface area (TPSA) is 77.2 Å². The number of pyridine rings is 1. The van der Waals surface area contributed by atoms with E-state index < -0.39 is 0 Å². The molecule has 2 rings (SSSR count). The van der Waals surface area contributed by atoms with E-state index in [9.17, 15) is 4.79 Å². The van der Waals surface area contributed by atoms with Gasteiger partial charge in [0.1, 0.15) is 5.82 Å². The van der Waals surface area contributed by atoms with E-state index in [0.717, 1.165) is 26.1 Å². The minimum Gasteiger partial charge on any atom is -0.382 e. The van der Waals surface area contributed by atoms with Gasteiger partial charge in [0, 0.05) is 26.0 Å². The van der Waals surface area contributed by atoms with Crippen molar-refractivity contribution in [2.75, 3.05) is 25.5 Å². The fraction of sp³-hybridized carbons (Fsp3) is 0.500. The molecule has 0 radical (unpaired) electrons. The van der Waals surface area contributed by atoms with Crippen LogP contribution in [0.25, 0.3) is 0 Å². The lowest BCUT2D eigenvalue weighted by Gasteiger charge is -2.22. The van der Waals surface area contributed by atoms with Gasteiger partial charge in [0.25, 0.3) is 5.91 Å². The van der Waals surface area contributed by atoms with Crippen LogP contribution < -0.4 is 11.1 Å². The zero-order valence-corrected chi connectivity index (χ0v) is 10.7. The zero-order chi connectivity index (χ0) is 13.0. The Hall–Kier alpha value is -1.33. The molecule has 1 fully saturated rings. The maximum Gasteiger partial charge on any atom is 0.252 e. The number of aromatic nitrogens is 1. The summed E-state index contributed by atoms with van der Waals surface area (Å²) in [6.45, 7) is 2.20. The van der Waals surface area contributed by atoms with Gasteiger partial charge < -0.3 is 15.8 Å². The minimum atomic E-state index is -0.170. The van der Waals surface area contributed by atoms with Crippen LogP contribution in [0.1, 0.15) is 23.2 Å². The van der Waals surface area contributed by atoms with Crippen LogP contribution in [0.3, 0.4) is 0 Å². The second-order valence-electron chi connectivity index (χ2n) is 4.36. The molecule has 98 valence electrons. The Balaban J connectivity index is 1.88. The van der Waals surface area contributed by atoms with Crippen LogP contribution in [0, 0.1) is 5.92 Å². The first-order chi connectivity index (χ1) is 8.66. The lowest BCUT2D eigenvalue weighted by Crippen LogP contribution is -2.32. The Kier molecular flexibility index (Phi) is 4.38. The van der Waals surface area contributed by atoms with Crippen LogP contribution in [0.2, 0.25) is 5.02 Å². The molecule has 1 saturated heterocycles. The number of ether oxygens (including phenoxy) is 1. The number of anilines is 1. The number of amides is 1. The first-order valence-corrected chi connectivity index (χ1v) is 6.31. The highest BCUT2D eigenvalue weighted by atomic mass is 35.5. The van der Waals surface area contributed by atoms with Crippen molar-refractivity contribution in [3.8, 4) is 0 Å². The number of nitrogens with zero attached hydrogens (tertiary/aromatic N) is 1. The van der Waals surface area contributed by atoms with Gasteiger partial charge in [-0.1, -0.05) is 11.6 Å². The fourth-order valence-electron chi connectivity index (χ4n) is 1.86. The molecule has 1 aromatic heterocycles. The molecule has 18 heavy (non-hydrogen) atoms. The van der Waals surface area contributed by atoms with Crippen LogP contribution in [-0.2, 0) is 4.74 Å². The molecule has 0 saturated carbocycles. The monoisotopic (exact) mass is 269 g/mol. The van der Waals surface area contributed by atoms with Gasteiger partial charge in [-0.2, -0.15) is 0 Å². The van der Waals surface area contributed by atoms with Crippen LogP contribution in [0.15, 0.2) is 12.3 Å². The molecule has 0 spiro atoms. The molecule has 6 heteroatoms. The van der Waals surface area contributed by atoms with E-state index in [0.29, 0.717) is 23.0 Å². The summed E-state index contributed by atoms with van der Waals surface area (Å²) in [4.78, 5) is 15.7. The smallest absolute Gasteiger partial charge is 0.252 e. The number of nitrogens with two attached hydrogens (primary N) is 1. The van der Waals surface area contributed by atoms with Crippen LogP contribution in [-0.4, -0.2) is 30.6 Å². The van der Waals surface area contributed by atoms with Gasteiger partial charge in [-0.05, 0) is 24.8 Å². The number of halogens is 1. The van der Waals surface area contributed by atoms with Crippen molar-refractivity contribution >= 4 is 23.3 Å². The van der Waals surface area contributed by atoms with Crippen molar-refractivity contribution < 1.29 is 9.53 Å². The molecule has 2 heterocycles. The summed E-state index contributed by atoms with van der Waals surface area (Å²) in [6.07, 6.45) is 3.41. The SMILES string of the molecule is Nc1ncc(C(=O)NCC2CCOCC2)cc1Cl. The van der Waals surface area contributed by atoms with E-state index in [1.807, 2.05) is 0 Å². The highest BCUT2D eigenvalue weighted by Crippen LogP contribution is 2.17. The maximum atomic E-state index is 11.9. The predicted molar refractivity (Wildman–Crippen MR) is 69.5 cm³/mol. The van der Waals surface area contributed by atoms with Crippen molar-refractivity contribution in [3.05, 3.63) is 22.8 Å². The lowest BCUT2D eigenvalue weighted by atomic mass is 10.0. The first-order valence-electron chi connectivity index (χ1n) is 5.94. The van der Waals surface area contributed by atoms with Gasteiger partial charge in [0.15, 0.2) is 0 Å². The molecule has 3 N–H and O–H groups in total. The standard InChI is InChI=1S/C12H16ClN3O2/c13-10-5-9(7-15-11(10)14)12(17)16-6-8-1-3-18-4-2-8/h5,7-8H,1-4,6H2,(H2,14,15)(H,16,17). The number of nitrogens with one attached hydrogen (secondary N) is 1. The largest absolute Gasteiger partial charge is 0.382 e. The molecule has 1 amide bonds. The number of nitrogen functional groups attached to an aromatic ring is 1. The molecular weight excluding hydrogens is 254 g/mol. The summed E-state index contributed by atoms with van der Waals surface area (Å²) < 4.78 is 5.27. The summed E-state index contributed by atoms with van der Waals surface area (Å²) in [5, 5.41) is 3.18. The molecule has 5 nitrogen and oxygen atoms in total. The Morgan fingerprint density at radius 1 is 1.56 bits per heavy atom. The maximum absolute atomic E-state index is 11.9. The Bertz CT molecular complexity index is 433. The minimum absolute atomic E-state index is 0.170. The molecule has 1 aromatic rings. The van der Waals surface area contributed by atoms with Crippen LogP contribution in [0.5, 0.6) is 0 Å². The van der Waals surface area contributed by atoms with E-state index in [2.05, 4.69) is 10.3 Å². The highest BCUT2D eigenvalue weighted by Gasteiger charge is 2.15. The number of rotatable bonds is 3. The summed E-state index contributed by atoms with van der Waals surface area (Å²) in [7, 11) is 0. The molecule has 0 atom stereocenters. The van der Waals surface area contributed by atoms with Crippen LogP contribution in [0.4, 0.5) is 5.82 Å². The van der Waals surface area contributed by atoms with Gasteiger partial charge in [-0.3, -0.25) is 4.79 Å². The van der Waals surface area contributed by atoms with Gasteiger partial charge in [0.2, 0.25) is 0 Å². The quantitative estimate of drug-likeness (QED) is 0.871. The number of carbonyl (C=O) groups excluding carboxylic acids is 1. The van der Waals surface area contributed by atoms with Crippen molar-refractivity contribution in [2.45, 2.75) is 12.8 Å². The molecular formula is C12H16ClN3O2. The Morgan fingerprint density at radius 3 is 2.94 bits per heavy atom. The third-order valence-electron chi connectivity index (χ3n) is 3.02. The summed E-state index contributed by atoms with van der Waals surface area (Å²) in [5.41, 5.74) is 5.92. The lowest BCUT2D eigenvalue weighted by molar-refractivity contribution is 0.0642. The second kappa shape index (κ2) is 6.02. The van der Waals surface area contributed by atoms with E-state index in [1.165, 1.54) is 12.3 Å². The summed E-state index contributed by atoms with van der Waals surface area (Å²) in [6, 6.07) is 1.53. The van der Waals surface area contributed by atoms with Gasteiger partial charge >= 0.3 is 0 Å². The van der Waals surface area contributed by atoms with Crippen molar-refractivity contribution in [1.82, 2.24) is 10.3 Å². The predicted octanol–water partition coefficient (Wildman–Crippen LogP) is 1.47. The summed E-state index contributed by atoms with van der Waals surface area (Å²) >= 11 is 5.82.